The molecule has 4 heteroatoms. The highest BCUT2D eigenvalue weighted by Crippen LogP contribution is 2.13. The molecule has 1 fully saturated rings. The summed E-state index contributed by atoms with van der Waals surface area (Å²) in [6.45, 7) is 0. The van der Waals surface area contributed by atoms with E-state index in [1.165, 1.54) is 0 Å². The van der Waals surface area contributed by atoms with Gasteiger partial charge in [-0.05, 0) is 6.26 Å². The van der Waals surface area contributed by atoms with E-state index in [4.69, 9.17) is 4.74 Å². The highest BCUT2D eigenvalue weighted by molar-refractivity contribution is 7.98. The van der Waals surface area contributed by atoms with Crippen molar-refractivity contribution in [2.45, 2.75) is 12.5 Å². The molecule has 1 aliphatic rings. The zero-order valence-corrected chi connectivity index (χ0v) is 6.44. The van der Waals surface area contributed by atoms with Crippen molar-refractivity contribution in [3.63, 3.8) is 0 Å². The van der Waals surface area contributed by atoms with Crippen molar-refractivity contribution in [1.29, 1.82) is 0 Å². The number of Topliss-reactive ketones (excluding diaryl/α,β-unsaturated/α-hetero) is 1. The van der Waals surface area contributed by atoms with Crippen molar-refractivity contribution in [2.24, 2.45) is 0 Å². The minimum atomic E-state index is -0.668. The second-order valence-corrected chi connectivity index (χ2v) is 3.02. The molecule has 1 aliphatic heterocycles. The Kier molecular flexibility index (Phi) is 2.32. The van der Waals surface area contributed by atoms with Crippen LogP contribution in [0.2, 0.25) is 0 Å². The zero-order chi connectivity index (χ0) is 7.56. The molecule has 0 amide bonds. The highest BCUT2D eigenvalue weighted by Gasteiger charge is 2.31. The quantitative estimate of drug-likeness (QED) is 0.428. The van der Waals surface area contributed by atoms with E-state index in [1.54, 1.807) is 11.8 Å². The van der Waals surface area contributed by atoms with Crippen molar-refractivity contribution in [3.8, 4) is 0 Å². The first-order valence-electron chi connectivity index (χ1n) is 2.97. The van der Waals surface area contributed by atoms with Gasteiger partial charge in [-0.1, -0.05) is 0 Å². The lowest BCUT2D eigenvalue weighted by molar-refractivity contribution is -0.148. The van der Waals surface area contributed by atoms with Gasteiger partial charge in [0.25, 0.3) is 0 Å². The van der Waals surface area contributed by atoms with Crippen molar-refractivity contribution in [3.05, 3.63) is 0 Å². The van der Waals surface area contributed by atoms with Crippen molar-refractivity contribution < 1.29 is 14.3 Å². The summed E-state index contributed by atoms with van der Waals surface area (Å²) < 4.78 is 4.70. The van der Waals surface area contributed by atoms with Crippen LogP contribution in [0.5, 0.6) is 0 Å². The molecule has 0 aromatic rings. The fourth-order valence-corrected chi connectivity index (χ4v) is 1.39. The molecule has 1 rings (SSSR count). The fraction of sp³-hybridized carbons (Fsp3) is 0.667. The maximum Gasteiger partial charge on any atom is 0.375 e. The van der Waals surface area contributed by atoms with Crippen LogP contribution in [-0.2, 0) is 14.3 Å². The van der Waals surface area contributed by atoms with Gasteiger partial charge in [-0.15, -0.1) is 0 Å². The number of carbonyl (C=O) groups excluding carboxylic acids is 2. The Morgan fingerprint density at radius 2 is 2.40 bits per heavy atom. The lowest BCUT2D eigenvalue weighted by Gasteiger charge is -2.03. The maximum atomic E-state index is 10.6. The Morgan fingerprint density at radius 3 is 2.80 bits per heavy atom. The number of ether oxygens (including phenoxy) is 1. The third-order valence-corrected chi connectivity index (χ3v) is 1.97. The topological polar surface area (TPSA) is 43.4 Å². The van der Waals surface area contributed by atoms with E-state index in [9.17, 15) is 9.59 Å². The Bertz CT molecular complexity index is 150. The van der Waals surface area contributed by atoms with Crippen LogP contribution in [0.4, 0.5) is 0 Å². The van der Waals surface area contributed by atoms with Gasteiger partial charge in [0.05, 0.1) is 6.42 Å². The standard InChI is InChI=1S/C6H8O3S/c1-10-3-4-2-5(7)6(8)9-4/h4H,2-3H2,1H3. The van der Waals surface area contributed by atoms with Crippen molar-refractivity contribution >= 4 is 23.5 Å². The minimum absolute atomic E-state index is 0.171. The molecular weight excluding hydrogens is 152 g/mol. The summed E-state index contributed by atoms with van der Waals surface area (Å²) in [7, 11) is 0. The molecule has 10 heavy (non-hydrogen) atoms. The van der Waals surface area contributed by atoms with Gasteiger partial charge in [-0.25, -0.2) is 4.79 Å². The van der Waals surface area contributed by atoms with Gasteiger partial charge in [-0.2, -0.15) is 11.8 Å². The van der Waals surface area contributed by atoms with Gasteiger partial charge >= 0.3 is 5.97 Å². The summed E-state index contributed by atoms with van der Waals surface area (Å²) in [6.07, 6.45) is 2.01. The van der Waals surface area contributed by atoms with Gasteiger partial charge in [-0.3, -0.25) is 4.79 Å². The molecular formula is C6H8O3S. The normalized spacial score (nSPS) is 25.1. The minimum Gasteiger partial charge on any atom is -0.455 e. The summed E-state index contributed by atoms with van der Waals surface area (Å²) >= 11 is 1.57. The summed E-state index contributed by atoms with van der Waals surface area (Å²) in [4.78, 5) is 21.1. The molecule has 0 aromatic carbocycles. The highest BCUT2D eigenvalue weighted by atomic mass is 32.2. The Labute approximate surface area is 63.1 Å². The van der Waals surface area contributed by atoms with Crippen LogP contribution in [0.3, 0.4) is 0 Å². The molecule has 0 aromatic heterocycles. The largest absolute Gasteiger partial charge is 0.455 e. The first kappa shape index (κ1) is 7.60. The second kappa shape index (κ2) is 3.05. The Balaban J connectivity index is 2.41. The van der Waals surface area contributed by atoms with Gasteiger partial charge in [0.1, 0.15) is 6.10 Å². The molecule has 1 saturated heterocycles. The fourth-order valence-electron chi connectivity index (χ4n) is 0.828. The number of carbonyl (C=O) groups is 2. The van der Waals surface area contributed by atoms with Crippen LogP contribution < -0.4 is 0 Å². The number of hydrogen-bond acceptors (Lipinski definition) is 4. The van der Waals surface area contributed by atoms with Gasteiger partial charge in [0, 0.05) is 5.75 Å². The average molecular weight is 160 g/mol. The van der Waals surface area contributed by atoms with Gasteiger partial charge < -0.3 is 4.74 Å². The first-order chi connectivity index (χ1) is 4.74. The smallest absolute Gasteiger partial charge is 0.375 e. The average Bonchev–Trinajstić information content (AvgIpc) is 2.14. The van der Waals surface area contributed by atoms with Crippen molar-refractivity contribution in [1.82, 2.24) is 0 Å². The maximum absolute atomic E-state index is 10.6. The van der Waals surface area contributed by atoms with Crippen LogP contribution in [-0.4, -0.2) is 29.9 Å². The lowest BCUT2D eigenvalue weighted by atomic mass is 10.2. The predicted octanol–water partition coefficient (Wildman–Crippen LogP) is 0.234. The molecule has 3 nitrogen and oxygen atoms in total. The zero-order valence-electron chi connectivity index (χ0n) is 5.62. The number of thioether (sulfide) groups is 1. The molecule has 0 bridgehead atoms. The molecule has 0 N–H and O–H groups in total. The summed E-state index contributed by atoms with van der Waals surface area (Å²) in [5.41, 5.74) is 0. The number of hydrogen-bond donors (Lipinski definition) is 0. The Hall–Kier alpha value is -0.510. The van der Waals surface area contributed by atoms with E-state index in [2.05, 4.69) is 0 Å². The van der Waals surface area contributed by atoms with E-state index in [-0.39, 0.29) is 18.3 Å². The molecule has 0 aliphatic carbocycles. The monoisotopic (exact) mass is 160 g/mol. The van der Waals surface area contributed by atoms with Crippen LogP contribution in [0, 0.1) is 0 Å². The van der Waals surface area contributed by atoms with E-state index in [1.807, 2.05) is 6.26 Å². The molecule has 56 valence electrons. The molecule has 1 heterocycles. The number of esters is 1. The lowest BCUT2D eigenvalue weighted by Crippen LogP contribution is -2.08. The molecule has 0 saturated carbocycles. The van der Waals surface area contributed by atoms with Gasteiger partial charge in [0.2, 0.25) is 5.78 Å². The third kappa shape index (κ3) is 1.50. The number of cyclic esters (lactones) is 1. The van der Waals surface area contributed by atoms with E-state index < -0.39 is 5.97 Å². The predicted molar refractivity (Wildman–Crippen MR) is 37.9 cm³/mol. The summed E-state index contributed by atoms with van der Waals surface area (Å²) in [5.74, 6) is -0.338. The Morgan fingerprint density at radius 1 is 1.70 bits per heavy atom. The van der Waals surface area contributed by atoms with Crippen LogP contribution in [0.25, 0.3) is 0 Å². The van der Waals surface area contributed by atoms with E-state index >= 15 is 0 Å². The summed E-state index contributed by atoms with van der Waals surface area (Å²) in [6, 6.07) is 0. The molecule has 1 unspecified atom stereocenters. The van der Waals surface area contributed by atoms with Gasteiger partial charge in [0.15, 0.2) is 0 Å². The number of ketones is 1. The van der Waals surface area contributed by atoms with E-state index in [0.29, 0.717) is 0 Å². The second-order valence-electron chi connectivity index (χ2n) is 2.11. The van der Waals surface area contributed by atoms with Crippen LogP contribution in [0.1, 0.15) is 6.42 Å². The van der Waals surface area contributed by atoms with Crippen LogP contribution >= 0.6 is 11.8 Å². The molecule has 0 spiro atoms. The third-order valence-electron chi connectivity index (χ3n) is 1.27. The van der Waals surface area contributed by atoms with Crippen LogP contribution in [0.15, 0.2) is 0 Å². The van der Waals surface area contributed by atoms with Crippen molar-refractivity contribution in [2.75, 3.05) is 12.0 Å². The summed E-state index contributed by atoms with van der Waals surface area (Å²) in [5, 5.41) is 0. The molecule has 0 radical (unpaired) electrons. The SMILES string of the molecule is CSCC1CC(=O)C(=O)O1. The first-order valence-corrected chi connectivity index (χ1v) is 4.36. The van der Waals surface area contributed by atoms with E-state index in [0.717, 1.165) is 5.75 Å². The number of rotatable bonds is 2. The molecule has 1 atom stereocenters.